The van der Waals surface area contributed by atoms with Crippen molar-refractivity contribution < 1.29 is 0 Å². The molecule has 4 heteroatoms. The van der Waals surface area contributed by atoms with E-state index in [0.717, 1.165) is 21.8 Å². The lowest BCUT2D eigenvalue weighted by Crippen LogP contribution is -2.00. The smallest absolute Gasteiger partial charge is 0.107 e. The highest BCUT2D eigenvalue weighted by Gasteiger charge is 2.05. The van der Waals surface area contributed by atoms with Crippen LogP contribution in [0, 0.1) is 0 Å². The van der Waals surface area contributed by atoms with Crippen LogP contribution >= 0.6 is 38.9 Å². The minimum absolute atomic E-state index is 0.811. The second-order valence-corrected chi connectivity index (χ2v) is 6.29. The molecule has 0 aliphatic carbocycles. The Bertz CT molecular complexity index is 490. The number of hydrogen-bond acceptors (Lipinski definition) is 2. The SMILES string of the molecule is CCc1ccccc1NCc1cc(Br)c(Cl)s1. The largest absolute Gasteiger partial charge is 0.380 e. The number of para-hydroxylation sites is 1. The van der Waals surface area contributed by atoms with E-state index in [2.05, 4.69) is 58.5 Å². The molecule has 0 saturated carbocycles. The molecule has 0 unspecified atom stereocenters. The van der Waals surface area contributed by atoms with Crippen molar-refractivity contribution in [2.24, 2.45) is 0 Å². The molecule has 0 saturated heterocycles. The fourth-order valence-electron chi connectivity index (χ4n) is 1.66. The topological polar surface area (TPSA) is 12.0 Å². The summed E-state index contributed by atoms with van der Waals surface area (Å²) >= 11 is 11.0. The van der Waals surface area contributed by atoms with Crippen molar-refractivity contribution >= 4 is 44.6 Å². The molecule has 90 valence electrons. The van der Waals surface area contributed by atoms with Crippen LogP contribution in [-0.2, 0) is 13.0 Å². The molecule has 0 aliphatic heterocycles. The van der Waals surface area contributed by atoms with E-state index >= 15 is 0 Å². The lowest BCUT2D eigenvalue weighted by molar-refractivity contribution is 1.11. The van der Waals surface area contributed by atoms with E-state index in [4.69, 9.17) is 11.6 Å². The molecule has 1 N–H and O–H groups in total. The Balaban J connectivity index is 2.07. The molecule has 0 aliphatic rings. The normalized spacial score (nSPS) is 10.5. The first-order valence-electron chi connectivity index (χ1n) is 5.46. The Morgan fingerprint density at radius 3 is 2.76 bits per heavy atom. The predicted molar refractivity (Wildman–Crippen MR) is 80.2 cm³/mol. The zero-order valence-electron chi connectivity index (χ0n) is 9.47. The van der Waals surface area contributed by atoms with Gasteiger partial charge in [0, 0.05) is 21.6 Å². The molecular weight excluding hydrogens is 318 g/mol. The summed E-state index contributed by atoms with van der Waals surface area (Å²) in [5, 5.41) is 3.45. The first-order chi connectivity index (χ1) is 8.20. The molecule has 2 aromatic rings. The van der Waals surface area contributed by atoms with Gasteiger partial charge in [0.1, 0.15) is 4.34 Å². The molecule has 0 fully saturated rings. The fraction of sp³-hybridized carbons (Fsp3) is 0.231. The molecule has 0 bridgehead atoms. The first kappa shape index (κ1) is 12.9. The van der Waals surface area contributed by atoms with Crippen molar-refractivity contribution in [1.82, 2.24) is 0 Å². The van der Waals surface area contributed by atoms with Crippen LogP contribution < -0.4 is 5.32 Å². The van der Waals surface area contributed by atoms with Crippen LogP contribution in [0.2, 0.25) is 4.34 Å². The summed E-state index contributed by atoms with van der Waals surface area (Å²) < 4.78 is 1.79. The average Bonchev–Trinajstić information content (AvgIpc) is 2.66. The fourth-order valence-corrected chi connectivity index (χ4v) is 3.39. The number of aryl methyl sites for hydroxylation is 1. The quantitative estimate of drug-likeness (QED) is 0.798. The van der Waals surface area contributed by atoms with E-state index in [0.29, 0.717) is 0 Å². The molecule has 1 aromatic heterocycles. The van der Waals surface area contributed by atoms with Gasteiger partial charge < -0.3 is 5.32 Å². The van der Waals surface area contributed by atoms with Crippen LogP contribution in [0.5, 0.6) is 0 Å². The van der Waals surface area contributed by atoms with E-state index < -0.39 is 0 Å². The summed E-state index contributed by atoms with van der Waals surface area (Å²) in [4.78, 5) is 1.23. The van der Waals surface area contributed by atoms with Gasteiger partial charge in [-0.1, -0.05) is 36.7 Å². The molecular formula is C13H13BrClNS. The number of thiophene rings is 1. The maximum Gasteiger partial charge on any atom is 0.107 e. The third-order valence-corrected chi connectivity index (χ3v) is 5.02. The maximum atomic E-state index is 6.01. The Hall–Kier alpha value is -0.510. The highest BCUT2D eigenvalue weighted by Crippen LogP contribution is 2.32. The van der Waals surface area contributed by atoms with Gasteiger partial charge in [-0.15, -0.1) is 11.3 Å². The van der Waals surface area contributed by atoms with E-state index in [1.807, 2.05) is 0 Å². The van der Waals surface area contributed by atoms with Crippen LogP contribution in [-0.4, -0.2) is 0 Å². The number of halogens is 2. The Morgan fingerprint density at radius 2 is 2.12 bits per heavy atom. The molecule has 1 heterocycles. The van der Waals surface area contributed by atoms with Gasteiger partial charge in [-0.3, -0.25) is 0 Å². The number of anilines is 1. The standard InChI is InChI=1S/C13H13BrClNS/c1-2-9-5-3-4-6-12(9)16-8-10-7-11(14)13(15)17-10/h3-7,16H,2,8H2,1H3. The maximum absolute atomic E-state index is 6.01. The van der Waals surface area contributed by atoms with Gasteiger partial charge in [0.2, 0.25) is 0 Å². The van der Waals surface area contributed by atoms with Crippen LogP contribution in [0.3, 0.4) is 0 Å². The molecule has 1 aromatic carbocycles. The van der Waals surface area contributed by atoms with Crippen LogP contribution in [0.4, 0.5) is 5.69 Å². The van der Waals surface area contributed by atoms with E-state index in [1.165, 1.54) is 16.1 Å². The van der Waals surface area contributed by atoms with Gasteiger partial charge in [0.15, 0.2) is 0 Å². The second kappa shape index (κ2) is 5.89. The van der Waals surface area contributed by atoms with Crippen molar-refractivity contribution in [3.63, 3.8) is 0 Å². The minimum atomic E-state index is 0.811. The van der Waals surface area contributed by atoms with E-state index in [9.17, 15) is 0 Å². The van der Waals surface area contributed by atoms with Gasteiger partial charge in [-0.25, -0.2) is 0 Å². The number of rotatable bonds is 4. The van der Waals surface area contributed by atoms with Crippen molar-refractivity contribution in [2.45, 2.75) is 19.9 Å². The lowest BCUT2D eigenvalue weighted by atomic mass is 10.1. The lowest BCUT2D eigenvalue weighted by Gasteiger charge is -2.09. The zero-order valence-corrected chi connectivity index (χ0v) is 12.6. The predicted octanol–water partition coefficient (Wildman–Crippen LogP) is 5.34. The summed E-state index contributed by atoms with van der Waals surface area (Å²) in [6.45, 7) is 2.98. The molecule has 0 atom stereocenters. The van der Waals surface area contributed by atoms with Gasteiger partial charge in [-0.05, 0) is 40.0 Å². The van der Waals surface area contributed by atoms with Crippen molar-refractivity contribution in [3.05, 3.63) is 49.6 Å². The van der Waals surface area contributed by atoms with Crippen LogP contribution in [0.25, 0.3) is 0 Å². The highest BCUT2D eigenvalue weighted by molar-refractivity contribution is 9.10. The van der Waals surface area contributed by atoms with E-state index in [-0.39, 0.29) is 0 Å². The molecule has 0 spiro atoms. The Kier molecular flexibility index (Phi) is 4.48. The van der Waals surface area contributed by atoms with Crippen molar-refractivity contribution in [3.8, 4) is 0 Å². The summed E-state index contributed by atoms with van der Waals surface area (Å²) in [5.74, 6) is 0. The number of nitrogens with one attached hydrogen (secondary N) is 1. The summed E-state index contributed by atoms with van der Waals surface area (Å²) in [6, 6.07) is 10.5. The van der Waals surface area contributed by atoms with Crippen molar-refractivity contribution in [2.75, 3.05) is 5.32 Å². The van der Waals surface area contributed by atoms with Gasteiger partial charge >= 0.3 is 0 Å². The third-order valence-electron chi connectivity index (χ3n) is 2.55. The average molecular weight is 331 g/mol. The third kappa shape index (κ3) is 3.24. The van der Waals surface area contributed by atoms with Gasteiger partial charge in [-0.2, -0.15) is 0 Å². The molecule has 0 radical (unpaired) electrons. The summed E-state index contributed by atoms with van der Waals surface area (Å²) in [7, 11) is 0. The highest BCUT2D eigenvalue weighted by atomic mass is 79.9. The minimum Gasteiger partial charge on any atom is -0.380 e. The summed E-state index contributed by atoms with van der Waals surface area (Å²) in [6.07, 6.45) is 1.04. The summed E-state index contributed by atoms with van der Waals surface area (Å²) in [5.41, 5.74) is 2.55. The van der Waals surface area contributed by atoms with Crippen LogP contribution in [0.15, 0.2) is 34.8 Å². The first-order valence-corrected chi connectivity index (χ1v) is 7.45. The second-order valence-electron chi connectivity index (χ2n) is 3.70. The zero-order chi connectivity index (χ0) is 12.3. The monoisotopic (exact) mass is 329 g/mol. The molecule has 17 heavy (non-hydrogen) atoms. The van der Waals surface area contributed by atoms with Crippen LogP contribution in [0.1, 0.15) is 17.4 Å². The Labute approximate surface area is 119 Å². The Morgan fingerprint density at radius 1 is 1.35 bits per heavy atom. The molecule has 0 amide bonds. The van der Waals surface area contributed by atoms with Crippen molar-refractivity contribution in [1.29, 1.82) is 0 Å². The molecule has 2 rings (SSSR count). The number of hydrogen-bond donors (Lipinski definition) is 1. The van der Waals surface area contributed by atoms with Gasteiger partial charge in [0.05, 0.1) is 0 Å². The number of benzene rings is 1. The molecule has 1 nitrogen and oxygen atoms in total. The van der Waals surface area contributed by atoms with Gasteiger partial charge in [0.25, 0.3) is 0 Å². The van der Waals surface area contributed by atoms with E-state index in [1.54, 1.807) is 11.3 Å².